The molecule has 0 bridgehead atoms. The first-order valence-electron chi connectivity index (χ1n) is 9.51. The molecular formula is C20H29FN2O2. The fourth-order valence-corrected chi connectivity index (χ4v) is 4.14. The maximum Gasteiger partial charge on any atom is 0.227 e. The van der Waals surface area contributed by atoms with Crippen molar-refractivity contribution in [3.63, 3.8) is 0 Å². The average Bonchev–Trinajstić information content (AvgIpc) is 2.82. The van der Waals surface area contributed by atoms with Crippen molar-refractivity contribution < 1.29 is 14.3 Å². The highest BCUT2D eigenvalue weighted by atomic mass is 19.1. The van der Waals surface area contributed by atoms with Crippen molar-refractivity contribution in [2.45, 2.75) is 32.1 Å². The van der Waals surface area contributed by atoms with Crippen molar-refractivity contribution in [3.05, 3.63) is 35.6 Å². The first-order chi connectivity index (χ1) is 12.2. The molecule has 2 saturated heterocycles. The van der Waals surface area contributed by atoms with E-state index in [0.717, 1.165) is 19.6 Å². The highest BCUT2D eigenvalue weighted by Crippen LogP contribution is 2.26. The Kier molecular flexibility index (Phi) is 6.43. The van der Waals surface area contributed by atoms with Gasteiger partial charge in [-0.3, -0.25) is 4.79 Å². The molecule has 1 aromatic rings. The van der Waals surface area contributed by atoms with Crippen LogP contribution in [0.1, 0.15) is 31.2 Å². The second kappa shape index (κ2) is 8.77. The van der Waals surface area contributed by atoms with Gasteiger partial charge in [0.05, 0.1) is 6.42 Å². The second-order valence-electron chi connectivity index (χ2n) is 7.52. The number of halogens is 1. The van der Waals surface area contributed by atoms with Crippen molar-refractivity contribution >= 4 is 5.91 Å². The second-order valence-corrected chi connectivity index (χ2v) is 7.52. The molecule has 25 heavy (non-hydrogen) atoms. The maximum absolute atomic E-state index is 13.3. The number of hydrogen-bond donors (Lipinski definition) is 1. The van der Waals surface area contributed by atoms with E-state index in [4.69, 9.17) is 0 Å². The number of likely N-dealkylation sites (tertiary alicyclic amines) is 2. The number of aliphatic hydroxyl groups is 1. The summed E-state index contributed by atoms with van der Waals surface area (Å²) in [5.41, 5.74) is 0.710. The molecule has 0 aliphatic carbocycles. The molecule has 0 radical (unpaired) electrons. The zero-order chi connectivity index (χ0) is 17.6. The van der Waals surface area contributed by atoms with Gasteiger partial charge in [-0.15, -0.1) is 0 Å². The first kappa shape index (κ1) is 18.3. The molecule has 3 rings (SSSR count). The fourth-order valence-electron chi connectivity index (χ4n) is 4.14. The normalized spacial score (nSPS) is 25.1. The number of rotatable bonds is 5. The summed E-state index contributed by atoms with van der Waals surface area (Å²) in [4.78, 5) is 16.9. The third-order valence-corrected chi connectivity index (χ3v) is 5.60. The zero-order valence-electron chi connectivity index (χ0n) is 14.9. The number of amides is 1. The summed E-state index contributed by atoms with van der Waals surface area (Å²) in [5.74, 6) is 0.209. The Morgan fingerprint density at radius 3 is 2.52 bits per heavy atom. The van der Waals surface area contributed by atoms with E-state index in [1.165, 1.54) is 37.8 Å². The van der Waals surface area contributed by atoms with Crippen LogP contribution in [0.15, 0.2) is 24.3 Å². The molecule has 2 atom stereocenters. The lowest BCUT2D eigenvalue weighted by Crippen LogP contribution is -2.35. The van der Waals surface area contributed by atoms with Gasteiger partial charge in [-0.2, -0.15) is 0 Å². The van der Waals surface area contributed by atoms with Gasteiger partial charge < -0.3 is 14.9 Å². The van der Waals surface area contributed by atoms with Gasteiger partial charge in [-0.25, -0.2) is 4.39 Å². The Hall–Kier alpha value is -1.46. The van der Waals surface area contributed by atoms with Crippen molar-refractivity contribution in [2.75, 3.05) is 39.3 Å². The summed E-state index contributed by atoms with van der Waals surface area (Å²) in [7, 11) is 0. The van der Waals surface area contributed by atoms with Gasteiger partial charge >= 0.3 is 0 Å². The molecule has 0 unspecified atom stereocenters. The summed E-state index contributed by atoms with van der Waals surface area (Å²) in [6.45, 7) is 4.67. The SMILES string of the molecule is O=C(Cc1cccc(F)c1)N1C[C@@H](CO)[C@@H](CN2CCCCCC2)C1. The quantitative estimate of drug-likeness (QED) is 0.888. The molecule has 138 valence electrons. The molecule has 5 heteroatoms. The van der Waals surface area contributed by atoms with Gasteiger partial charge in [0.1, 0.15) is 5.82 Å². The van der Waals surface area contributed by atoms with E-state index >= 15 is 0 Å². The molecule has 2 fully saturated rings. The van der Waals surface area contributed by atoms with E-state index in [2.05, 4.69) is 4.90 Å². The zero-order valence-corrected chi connectivity index (χ0v) is 14.9. The lowest BCUT2D eigenvalue weighted by atomic mass is 9.96. The van der Waals surface area contributed by atoms with E-state index in [1.807, 2.05) is 4.90 Å². The maximum atomic E-state index is 13.3. The number of hydrogen-bond acceptors (Lipinski definition) is 3. The highest BCUT2D eigenvalue weighted by molar-refractivity contribution is 5.79. The van der Waals surface area contributed by atoms with Crippen LogP contribution in [0.25, 0.3) is 0 Å². The van der Waals surface area contributed by atoms with Crippen LogP contribution in [-0.2, 0) is 11.2 Å². The van der Waals surface area contributed by atoms with Crippen LogP contribution in [0.4, 0.5) is 4.39 Å². The summed E-state index contributed by atoms with van der Waals surface area (Å²) in [6, 6.07) is 6.24. The summed E-state index contributed by atoms with van der Waals surface area (Å²) in [6.07, 6.45) is 5.34. The molecule has 0 saturated carbocycles. The van der Waals surface area contributed by atoms with Gasteiger partial charge in [-0.05, 0) is 49.5 Å². The highest BCUT2D eigenvalue weighted by Gasteiger charge is 2.35. The smallest absolute Gasteiger partial charge is 0.227 e. The van der Waals surface area contributed by atoms with Crippen molar-refractivity contribution in [1.29, 1.82) is 0 Å². The Labute approximate surface area is 149 Å². The van der Waals surface area contributed by atoms with Crippen molar-refractivity contribution in [1.82, 2.24) is 9.80 Å². The molecule has 0 spiro atoms. The molecule has 2 aliphatic rings. The Morgan fingerprint density at radius 2 is 1.84 bits per heavy atom. The molecule has 2 aliphatic heterocycles. The van der Waals surface area contributed by atoms with E-state index in [-0.39, 0.29) is 30.7 Å². The minimum absolute atomic E-state index is 0.0300. The van der Waals surface area contributed by atoms with E-state index < -0.39 is 0 Å². The Balaban J connectivity index is 1.57. The molecule has 0 aromatic heterocycles. The van der Waals surface area contributed by atoms with E-state index in [1.54, 1.807) is 12.1 Å². The van der Waals surface area contributed by atoms with Gasteiger partial charge in [-0.1, -0.05) is 25.0 Å². The van der Waals surface area contributed by atoms with Crippen LogP contribution in [0.5, 0.6) is 0 Å². The molecular weight excluding hydrogens is 319 g/mol. The monoisotopic (exact) mass is 348 g/mol. The molecule has 1 amide bonds. The van der Waals surface area contributed by atoms with Crippen LogP contribution >= 0.6 is 0 Å². The lowest BCUT2D eigenvalue weighted by molar-refractivity contribution is -0.129. The minimum atomic E-state index is -0.306. The average molecular weight is 348 g/mol. The largest absolute Gasteiger partial charge is 0.396 e. The minimum Gasteiger partial charge on any atom is -0.396 e. The standard InChI is InChI=1S/C20H29FN2O2/c21-19-7-5-6-16(10-19)11-20(25)23-13-17(18(14-23)15-24)12-22-8-3-1-2-4-9-22/h5-7,10,17-18,24H,1-4,8-9,11-15H2/t17-,18-/m0/s1. The third-order valence-electron chi connectivity index (χ3n) is 5.60. The van der Waals surface area contributed by atoms with Crippen molar-refractivity contribution in [2.24, 2.45) is 11.8 Å². The number of nitrogens with zero attached hydrogens (tertiary/aromatic N) is 2. The Bertz CT molecular complexity index is 573. The molecule has 1 aromatic carbocycles. The predicted octanol–water partition coefficient (Wildman–Crippen LogP) is 2.31. The van der Waals surface area contributed by atoms with Crippen LogP contribution in [-0.4, -0.2) is 60.1 Å². The summed E-state index contributed by atoms with van der Waals surface area (Å²) < 4.78 is 13.3. The third kappa shape index (κ3) is 5.02. The van der Waals surface area contributed by atoms with Crippen molar-refractivity contribution in [3.8, 4) is 0 Å². The molecule has 1 N–H and O–H groups in total. The summed E-state index contributed by atoms with van der Waals surface area (Å²) >= 11 is 0. The van der Waals surface area contributed by atoms with E-state index in [0.29, 0.717) is 24.6 Å². The number of aliphatic hydroxyl groups excluding tert-OH is 1. The number of carbonyl (C=O) groups is 1. The van der Waals surface area contributed by atoms with Crippen LogP contribution in [0.3, 0.4) is 0 Å². The van der Waals surface area contributed by atoms with E-state index in [9.17, 15) is 14.3 Å². The van der Waals surface area contributed by atoms with Gasteiger partial charge in [0, 0.05) is 32.2 Å². The molecule has 4 nitrogen and oxygen atoms in total. The molecule has 2 heterocycles. The van der Waals surface area contributed by atoms with Gasteiger partial charge in [0.15, 0.2) is 0 Å². The van der Waals surface area contributed by atoms with Crippen LogP contribution in [0.2, 0.25) is 0 Å². The summed E-state index contributed by atoms with van der Waals surface area (Å²) in [5, 5.41) is 9.74. The Morgan fingerprint density at radius 1 is 1.12 bits per heavy atom. The predicted molar refractivity (Wildman–Crippen MR) is 95.7 cm³/mol. The number of benzene rings is 1. The lowest BCUT2D eigenvalue weighted by Gasteiger charge is -2.26. The first-order valence-corrected chi connectivity index (χ1v) is 9.51. The topological polar surface area (TPSA) is 43.8 Å². The van der Waals surface area contributed by atoms with Gasteiger partial charge in [0.2, 0.25) is 5.91 Å². The number of carbonyl (C=O) groups excluding carboxylic acids is 1. The van der Waals surface area contributed by atoms with Crippen LogP contribution in [0, 0.1) is 17.7 Å². The van der Waals surface area contributed by atoms with Crippen LogP contribution < -0.4 is 0 Å². The van der Waals surface area contributed by atoms with Gasteiger partial charge in [0.25, 0.3) is 0 Å². The fraction of sp³-hybridized carbons (Fsp3) is 0.650.